The molecule has 0 aliphatic carbocycles. The van der Waals surface area contributed by atoms with Crippen molar-refractivity contribution < 1.29 is 5.11 Å². The van der Waals surface area contributed by atoms with Crippen LogP contribution in [0.25, 0.3) is 0 Å². The Hall–Kier alpha value is 0.492. The molecule has 0 aromatic heterocycles. The highest BCUT2D eigenvalue weighted by Gasteiger charge is 1.99. The Morgan fingerprint density at radius 3 is 1.57 bits per heavy atom. The number of rotatable bonds is 6. The zero-order chi connectivity index (χ0) is 11.4. The van der Waals surface area contributed by atoms with Crippen LogP contribution >= 0.6 is 0 Å². The molecule has 0 aliphatic rings. The monoisotopic (exact) mass is 216 g/mol. The molecule has 0 saturated heterocycles. The van der Waals surface area contributed by atoms with Crippen LogP contribution < -0.4 is 0 Å². The van der Waals surface area contributed by atoms with Gasteiger partial charge in [0, 0.05) is 6.61 Å². The number of hydrogen-bond acceptors (Lipinski definition) is 1. The van der Waals surface area contributed by atoms with Gasteiger partial charge in [0.1, 0.15) is 0 Å². The summed E-state index contributed by atoms with van der Waals surface area (Å²) in [6.45, 7) is 11.7. The van der Waals surface area contributed by atoms with Gasteiger partial charge in [-0.25, -0.2) is 0 Å². The summed E-state index contributed by atoms with van der Waals surface area (Å²) >= 11 is 0.316. The fraction of sp³-hybridized carbons (Fsp3) is 1.00. The van der Waals surface area contributed by atoms with Crippen LogP contribution in [0.5, 0.6) is 0 Å². The lowest BCUT2D eigenvalue weighted by atomic mass is 10.3. The van der Waals surface area contributed by atoms with Gasteiger partial charge in [0.15, 0.2) is 0 Å². The highest BCUT2D eigenvalue weighted by atomic mass is 27.1. The minimum atomic E-state index is 0.316. The van der Waals surface area contributed by atoms with Crippen molar-refractivity contribution in [3.8, 4) is 0 Å². The molecular formula is C12H29AlO. The molecule has 0 aromatic rings. The predicted molar refractivity (Wildman–Crippen MR) is 68.4 cm³/mol. The van der Waals surface area contributed by atoms with E-state index in [1.807, 2.05) is 0 Å². The third-order valence-corrected chi connectivity index (χ3v) is 5.20. The van der Waals surface area contributed by atoms with E-state index in [9.17, 15) is 0 Å². The van der Waals surface area contributed by atoms with Crippen LogP contribution in [0.1, 0.15) is 47.5 Å². The summed E-state index contributed by atoms with van der Waals surface area (Å²) in [5.74, 6) is 1.91. The van der Waals surface area contributed by atoms with E-state index in [-0.39, 0.29) is 0 Å². The molecule has 1 nitrogen and oxygen atoms in total. The molecule has 0 bridgehead atoms. The molecule has 0 fully saturated rings. The van der Waals surface area contributed by atoms with Crippen molar-refractivity contribution in [1.82, 2.24) is 0 Å². The van der Waals surface area contributed by atoms with Gasteiger partial charge in [-0.3, -0.25) is 0 Å². The molecule has 86 valence electrons. The van der Waals surface area contributed by atoms with E-state index < -0.39 is 0 Å². The predicted octanol–water partition coefficient (Wildman–Crippen LogP) is 3.35. The van der Waals surface area contributed by atoms with Crippen LogP contribution in [0.2, 0.25) is 10.6 Å². The quantitative estimate of drug-likeness (QED) is 0.675. The van der Waals surface area contributed by atoms with Crippen LogP contribution in [-0.4, -0.2) is 26.9 Å². The lowest BCUT2D eigenvalue weighted by Crippen LogP contribution is -1.99. The van der Waals surface area contributed by atoms with E-state index in [1.54, 1.807) is 0 Å². The second-order valence-corrected chi connectivity index (χ2v) is 6.66. The maximum absolute atomic E-state index is 8.07. The largest absolute Gasteiger partial charge is 0.396 e. The van der Waals surface area contributed by atoms with E-state index in [1.165, 1.54) is 10.6 Å². The summed E-state index contributed by atoms with van der Waals surface area (Å²) in [7, 11) is 0. The lowest BCUT2D eigenvalue weighted by molar-refractivity contribution is 0.287. The third-order valence-electron chi connectivity index (χ3n) is 2.07. The Balaban J connectivity index is 0. The molecule has 0 amide bonds. The van der Waals surface area contributed by atoms with Gasteiger partial charge in [-0.15, -0.1) is 0 Å². The summed E-state index contributed by atoms with van der Waals surface area (Å²) in [4.78, 5) is 0. The zero-order valence-electron chi connectivity index (χ0n) is 10.8. The first-order valence-corrected chi connectivity index (χ1v) is 8.15. The minimum Gasteiger partial charge on any atom is -0.396 e. The first-order valence-electron chi connectivity index (χ1n) is 6.15. The van der Waals surface area contributed by atoms with Gasteiger partial charge in [0.05, 0.1) is 0 Å². The number of hydrogen-bond donors (Lipinski definition) is 1. The fourth-order valence-electron chi connectivity index (χ4n) is 1.09. The average molecular weight is 216 g/mol. The third kappa shape index (κ3) is 22.9. The number of unbranched alkanes of at least 4 members (excludes halogenated alkanes) is 1. The topological polar surface area (TPSA) is 20.2 Å². The van der Waals surface area contributed by atoms with Crippen LogP contribution in [0.3, 0.4) is 0 Å². The molecule has 0 atom stereocenters. The molecule has 0 heterocycles. The second kappa shape index (κ2) is 13.5. The zero-order valence-corrected chi connectivity index (χ0v) is 12.3. The molecule has 0 spiro atoms. The van der Waals surface area contributed by atoms with Gasteiger partial charge in [-0.1, -0.05) is 63.4 Å². The maximum Gasteiger partial charge on any atom is 0.237 e. The van der Waals surface area contributed by atoms with E-state index in [0.717, 1.165) is 24.7 Å². The van der Waals surface area contributed by atoms with Gasteiger partial charge < -0.3 is 5.11 Å². The molecule has 0 rings (SSSR count). The summed E-state index contributed by atoms with van der Waals surface area (Å²) in [5.41, 5.74) is 0. The van der Waals surface area contributed by atoms with Crippen LogP contribution in [0.4, 0.5) is 0 Å². The smallest absolute Gasteiger partial charge is 0.237 e. The Labute approximate surface area is 97.0 Å². The summed E-state index contributed by atoms with van der Waals surface area (Å²) in [6.07, 6.45) is 2.04. The van der Waals surface area contributed by atoms with E-state index in [0.29, 0.717) is 21.8 Å². The fourth-order valence-corrected chi connectivity index (χ4v) is 2.96. The Kier molecular flexibility index (Phi) is 16.3. The normalized spacial score (nSPS) is 10.0. The first kappa shape index (κ1) is 16.9. The average Bonchev–Trinajstić information content (AvgIpc) is 2.05. The van der Waals surface area contributed by atoms with E-state index >= 15 is 0 Å². The molecule has 0 unspecified atom stereocenters. The van der Waals surface area contributed by atoms with Gasteiger partial charge in [0.2, 0.25) is 15.2 Å². The van der Waals surface area contributed by atoms with Gasteiger partial charge in [-0.05, 0) is 6.42 Å². The Morgan fingerprint density at radius 2 is 1.43 bits per heavy atom. The standard InChI is InChI=1S/C4H10O.2C4H9.Al.H/c1-2-3-4-5;2*1-4(2)3;;/h5H,2-4H2,1H3;2*4H,1H2,2-3H3;;. The molecule has 0 radical (unpaired) electrons. The van der Waals surface area contributed by atoms with Crippen LogP contribution in [-0.2, 0) is 0 Å². The van der Waals surface area contributed by atoms with Gasteiger partial charge in [0.25, 0.3) is 0 Å². The van der Waals surface area contributed by atoms with Crippen molar-refractivity contribution in [3.05, 3.63) is 0 Å². The first-order chi connectivity index (χ1) is 6.54. The Bertz CT molecular complexity index is 82.3. The summed E-state index contributed by atoms with van der Waals surface area (Å²) < 4.78 is 0. The van der Waals surface area contributed by atoms with Crippen molar-refractivity contribution >= 4 is 15.2 Å². The maximum atomic E-state index is 8.07. The number of aliphatic hydroxyl groups excluding tert-OH is 1. The molecule has 0 aliphatic heterocycles. The highest BCUT2D eigenvalue weighted by Crippen LogP contribution is 2.05. The number of aliphatic hydroxyl groups is 1. The van der Waals surface area contributed by atoms with E-state index in [4.69, 9.17) is 5.11 Å². The molecule has 1 N–H and O–H groups in total. The molecular weight excluding hydrogens is 187 g/mol. The molecule has 0 aromatic carbocycles. The van der Waals surface area contributed by atoms with E-state index in [2.05, 4.69) is 34.6 Å². The lowest BCUT2D eigenvalue weighted by Gasteiger charge is -2.03. The SMILES string of the molecule is CC(C)[CH2][AlH][CH2]C(C)C.CCCCO. The molecule has 2 heteroatoms. The second-order valence-electron chi connectivity index (χ2n) is 4.80. The molecule has 14 heavy (non-hydrogen) atoms. The minimum absolute atomic E-state index is 0.316. The highest BCUT2D eigenvalue weighted by molar-refractivity contribution is 6.35. The van der Waals surface area contributed by atoms with Crippen molar-refractivity contribution in [3.63, 3.8) is 0 Å². The van der Waals surface area contributed by atoms with Crippen molar-refractivity contribution in [2.75, 3.05) is 6.61 Å². The molecule has 0 saturated carbocycles. The van der Waals surface area contributed by atoms with Gasteiger partial charge >= 0.3 is 0 Å². The van der Waals surface area contributed by atoms with Crippen molar-refractivity contribution in [1.29, 1.82) is 0 Å². The van der Waals surface area contributed by atoms with Crippen molar-refractivity contribution in [2.45, 2.75) is 58.0 Å². The summed E-state index contributed by atoms with van der Waals surface area (Å²) in [6, 6.07) is 0. The van der Waals surface area contributed by atoms with Gasteiger partial charge in [-0.2, -0.15) is 0 Å². The van der Waals surface area contributed by atoms with Crippen LogP contribution in [0, 0.1) is 11.8 Å². The summed E-state index contributed by atoms with van der Waals surface area (Å²) in [5, 5.41) is 11.1. The van der Waals surface area contributed by atoms with Crippen molar-refractivity contribution in [2.24, 2.45) is 11.8 Å². The van der Waals surface area contributed by atoms with Crippen LogP contribution in [0.15, 0.2) is 0 Å². The Morgan fingerprint density at radius 1 is 1.00 bits per heavy atom.